The van der Waals surface area contributed by atoms with Gasteiger partial charge in [0.05, 0.1) is 11.1 Å². The Bertz CT molecular complexity index is 1350. The monoisotopic (exact) mass is 436 g/mol. The number of halogens is 1. The number of carbonyl (C=O) groups excluding carboxylic acids is 2. The number of carbonyl (C=O) groups is 2. The lowest BCUT2D eigenvalue weighted by Gasteiger charge is -2.03. The van der Waals surface area contributed by atoms with Crippen molar-refractivity contribution in [3.63, 3.8) is 0 Å². The van der Waals surface area contributed by atoms with Crippen LogP contribution in [0, 0.1) is 29.5 Å². The Morgan fingerprint density at radius 3 is 2.03 bits per heavy atom. The number of rotatable bonds is 4. The van der Waals surface area contributed by atoms with Gasteiger partial charge in [0, 0.05) is 23.3 Å². The topological polar surface area (TPSA) is 52.6 Å². The van der Waals surface area contributed by atoms with E-state index in [2.05, 4.69) is 36.8 Å². The first-order valence-electron chi connectivity index (χ1n) is 9.69. The van der Waals surface area contributed by atoms with Crippen molar-refractivity contribution < 1.29 is 23.5 Å². The quantitative estimate of drug-likeness (QED) is 0.255. The smallest absolute Gasteiger partial charge is 0.335 e. The Balaban J connectivity index is 1.75. The van der Waals surface area contributed by atoms with E-state index in [1.54, 1.807) is 54.6 Å². The van der Waals surface area contributed by atoms with E-state index < -0.39 is 17.8 Å². The maximum absolute atomic E-state index is 14.5. The molecule has 3 aromatic rings. The number of esters is 2. The molecule has 0 radical (unpaired) electrons. The molecule has 4 nitrogen and oxygen atoms in total. The minimum atomic E-state index is -0.606. The summed E-state index contributed by atoms with van der Waals surface area (Å²) in [6.07, 6.45) is 2.13. The van der Waals surface area contributed by atoms with Crippen molar-refractivity contribution in [2.75, 3.05) is 0 Å². The average Bonchev–Trinajstić information content (AvgIpc) is 2.83. The molecule has 0 spiro atoms. The molecule has 0 heterocycles. The van der Waals surface area contributed by atoms with E-state index in [4.69, 9.17) is 9.47 Å². The van der Waals surface area contributed by atoms with Gasteiger partial charge in [-0.1, -0.05) is 49.0 Å². The van der Waals surface area contributed by atoms with Crippen molar-refractivity contribution in [3.8, 4) is 35.2 Å². The Labute approximate surface area is 191 Å². The van der Waals surface area contributed by atoms with Crippen LogP contribution in [-0.2, 0) is 9.59 Å². The van der Waals surface area contributed by atoms with E-state index in [9.17, 15) is 14.0 Å². The number of benzene rings is 3. The molecule has 0 aromatic heterocycles. The molecular weight excluding hydrogens is 419 g/mol. The summed E-state index contributed by atoms with van der Waals surface area (Å²) in [7, 11) is 0. The third kappa shape index (κ3) is 6.55. The highest BCUT2D eigenvalue weighted by Gasteiger charge is 2.05. The van der Waals surface area contributed by atoms with Gasteiger partial charge in [-0.15, -0.1) is 0 Å². The zero-order valence-electron chi connectivity index (χ0n) is 17.4. The summed E-state index contributed by atoms with van der Waals surface area (Å²) in [5, 5.41) is 0. The van der Waals surface area contributed by atoms with E-state index in [1.165, 1.54) is 12.1 Å². The second-order valence-electron chi connectivity index (χ2n) is 6.47. The second-order valence-corrected chi connectivity index (χ2v) is 6.47. The lowest BCUT2D eigenvalue weighted by atomic mass is 10.1. The van der Waals surface area contributed by atoms with Gasteiger partial charge in [-0.2, -0.15) is 0 Å². The zero-order chi connectivity index (χ0) is 23.6. The molecule has 0 aliphatic rings. The van der Waals surface area contributed by atoms with Crippen LogP contribution in [0.3, 0.4) is 0 Å². The molecule has 0 unspecified atom stereocenters. The molecule has 5 heteroatoms. The first kappa shape index (κ1) is 22.8. The van der Waals surface area contributed by atoms with E-state index >= 15 is 0 Å². The number of ether oxygens (including phenoxy) is 2. The second kappa shape index (κ2) is 10.9. The summed E-state index contributed by atoms with van der Waals surface area (Å²) < 4.78 is 24.7. The molecule has 0 fully saturated rings. The Kier molecular flexibility index (Phi) is 7.57. The predicted octanol–water partition coefficient (Wildman–Crippen LogP) is 4.81. The van der Waals surface area contributed by atoms with E-state index in [0.717, 1.165) is 12.2 Å². The number of hydrogen-bond acceptors (Lipinski definition) is 4. The lowest BCUT2D eigenvalue weighted by molar-refractivity contribution is -0.129. The average molecular weight is 436 g/mol. The first-order valence-corrected chi connectivity index (χ1v) is 9.69. The fourth-order valence-corrected chi connectivity index (χ4v) is 2.55. The standard InChI is InChI=1S/C28H17FO4/c1-3-27(30)32-24-17-12-20(13-18-24)9-10-21-11-14-22(25(29)19-21)15-16-23-7-5-6-8-26(23)33-28(31)4-2/h3-8,11-14,17-19H,1-2H2. The van der Waals surface area contributed by atoms with Crippen LogP contribution < -0.4 is 9.47 Å². The highest BCUT2D eigenvalue weighted by Crippen LogP contribution is 2.18. The summed E-state index contributed by atoms with van der Waals surface area (Å²) in [5.74, 6) is 10.3. The van der Waals surface area contributed by atoms with Crippen molar-refractivity contribution in [1.29, 1.82) is 0 Å². The van der Waals surface area contributed by atoms with Crippen LogP contribution in [0.15, 0.2) is 92.0 Å². The largest absolute Gasteiger partial charge is 0.423 e. The molecule has 160 valence electrons. The molecule has 0 N–H and O–H groups in total. The van der Waals surface area contributed by atoms with Crippen LogP contribution in [0.5, 0.6) is 11.5 Å². The molecular formula is C28H17FO4. The van der Waals surface area contributed by atoms with Gasteiger partial charge in [0.2, 0.25) is 0 Å². The highest BCUT2D eigenvalue weighted by molar-refractivity contribution is 5.84. The maximum Gasteiger partial charge on any atom is 0.335 e. The van der Waals surface area contributed by atoms with Crippen molar-refractivity contribution in [3.05, 3.63) is 120 Å². The van der Waals surface area contributed by atoms with Gasteiger partial charge in [-0.3, -0.25) is 0 Å². The van der Waals surface area contributed by atoms with Crippen molar-refractivity contribution in [1.82, 2.24) is 0 Å². The maximum atomic E-state index is 14.5. The van der Waals surface area contributed by atoms with Crippen molar-refractivity contribution in [2.24, 2.45) is 0 Å². The lowest BCUT2D eigenvalue weighted by Crippen LogP contribution is -2.04. The third-order valence-electron chi connectivity index (χ3n) is 4.16. The summed E-state index contributed by atoms with van der Waals surface area (Å²) in [4.78, 5) is 22.6. The van der Waals surface area contributed by atoms with Crippen LogP contribution in [0.2, 0.25) is 0 Å². The highest BCUT2D eigenvalue weighted by atomic mass is 19.1. The summed E-state index contributed by atoms with van der Waals surface area (Å²) in [6.45, 7) is 6.70. The molecule has 0 saturated carbocycles. The van der Waals surface area contributed by atoms with E-state index in [1.807, 2.05) is 0 Å². The zero-order valence-corrected chi connectivity index (χ0v) is 17.4. The first-order chi connectivity index (χ1) is 16.0. The minimum absolute atomic E-state index is 0.179. The van der Waals surface area contributed by atoms with Crippen LogP contribution in [-0.4, -0.2) is 11.9 Å². The minimum Gasteiger partial charge on any atom is -0.423 e. The van der Waals surface area contributed by atoms with Crippen LogP contribution in [0.1, 0.15) is 22.3 Å². The molecule has 0 bridgehead atoms. The fourth-order valence-electron chi connectivity index (χ4n) is 2.55. The Hall–Kier alpha value is -4.87. The SMILES string of the molecule is C=CC(=O)Oc1ccc(C#Cc2ccc(C#Cc3ccccc3OC(=O)C=C)c(F)c2)cc1. The molecule has 0 amide bonds. The van der Waals surface area contributed by atoms with Crippen LogP contribution in [0.25, 0.3) is 0 Å². The fraction of sp³-hybridized carbons (Fsp3) is 0. The Morgan fingerprint density at radius 1 is 0.727 bits per heavy atom. The van der Waals surface area contributed by atoms with Crippen LogP contribution >= 0.6 is 0 Å². The molecule has 0 aliphatic heterocycles. The van der Waals surface area contributed by atoms with Gasteiger partial charge in [-0.25, -0.2) is 14.0 Å². The molecule has 0 aliphatic carbocycles. The van der Waals surface area contributed by atoms with Crippen molar-refractivity contribution >= 4 is 11.9 Å². The molecule has 0 saturated heterocycles. The van der Waals surface area contributed by atoms with Gasteiger partial charge < -0.3 is 9.47 Å². The molecule has 33 heavy (non-hydrogen) atoms. The van der Waals surface area contributed by atoms with Gasteiger partial charge in [0.1, 0.15) is 17.3 Å². The van der Waals surface area contributed by atoms with Gasteiger partial charge in [0.15, 0.2) is 0 Å². The number of hydrogen-bond donors (Lipinski definition) is 0. The van der Waals surface area contributed by atoms with Gasteiger partial charge in [0.25, 0.3) is 0 Å². The molecule has 3 rings (SSSR count). The number of para-hydroxylation sites is 1. The van der Waals surface area contributed by atoms with Gasteiger partial charge in [-0.05, 0) is 54.6 Å². The van der Waals surface area contributed by atoms with E-state index in [-0.39, 0.29) is 11.3 Å². The molecule has 0 atom stereocenters. The molecule has 3 aromatic carbocycles. The summed E-state index contributed by atoms with van der Waals surface area (Å²) in [6, 6.07) is 17.8. The van der Waals surface area contributed by atoms with Crippen LogP contribution in [0.4, 0.5) is 4.39 Å². The van der Waals surface area contributed by atoms with Gasteiger partial charge >= 0.3 is 11.9 Å². The predicted molar refractivity (Wildman–Crippen MR) is 123 cm³/mol. The van der Waals surface area contributed by atoms with Crippen molar-refractivity contribution in [2.45, 2.75) is 0 Å². The third-order valence-corrected chi connectivity index (χ3v) is 4.16. The normalized spacial score (nSPS) is 9.36. The van der Waals surface area contributed by atoms with E-state index in [0.29, 0.717) is 22.4 Å². The summed E-state index contributed by atoms with van der Waals surface area (Å²) >= 11 is 0. The summed E-state index contributed by atoms with van der Waals surface area (Å²) in [5.41, 5.74) is 1.76. The Morgan fingerprint density at radius 2 is 1.33 bits per heavy atom.